The van der Waals surface area contributed by atoms with Crippen LogP contribution >= 0.6 is 0 Å². The fourth-order valence-corrected chi connectivity index (χ4v) is 3.96. The Morgan fingerprint density at radius 3 is 2.39 bits per heavy atom. The summed E-state index contributed by atoms with van der Waals surface area (Å²) in [6.45, 7) is 5.02. The predicted molar refractivity (Wildman–Crippen MR) is 85.8 cm³/mol. The van der Waals surface area contributed by atoms with Crippen LogP contribution in [0.25, 0.3) is 0 Å². The van der Waals surface area contributed by atoms with Crippen LogP contribution in [0.3, 0.4) is 0 Å². The summed E-state index contributed by atoms with van der Waals surface area (Å²) in [5.74, 6) is 0.860. The Morgan fingerprint density at radius 2 is 1.74 bits per heavy atom. The summed E-state index contributed by atoms with van der Waals surface area (Å²) in [6.07, 6.45) is 2.59. The van der Waals surface area contributed by atoms with E-state index in [0.717, 1.165) is 38.2 Å². The van der Waals surface area contributed by atoms with Gasteiger partial charge in [0.2, 0.25) is 0 Å². The maximum atomic E-state index is 12.8. The van der Waals surface area contributed by atoms with Crippen molar-refractivity contribution >= 4 is 5.69 Å². The molecule has 0 amide bonds. The average molecular weight is 327 g/mol. The second-order valence-electron chi connectivity index (χ2n) is 6.99. The van der Waals surface area contributed by atoms with E-state index in [-0.39, 0.29) is 0 Å². The van der Waals surface area contributed by atoms with Crippen molar-refractivity contribution in [3.05, 3.63) is 29.8 Å². The predicted octanol–water partition coefficient (Wildman–Crippen LogP) is 2.99. The number of nitrogens with zero attached hydrogens (tertiary/aromatic N) is 1. The molecule has 1 saturated carbocycles. The minimum Gasteiger partial charge on any atom is -0.360 e. The molecule has 1 aromatic carbocycles. The molecule has 5 heteroatoms. The normalized spacial score (nSPS) is 21.6. The number of alkyl halides is 3. The lowest BCUT2D eigenvalue weighted by Gasteiger charge is -2.36. The quantitative estimate of drug-likeness (QED) is 0.897. The van der Waals surface area contributed by atoms with Crippen molar-refractivity contribution in [2.75, 3.05) is 37.6 Å². The van der Waals surface area contributed by atoms with Crippen LogP contribution in [0.15, 0.2) is 24.3 Å². The maximum absolute atomic E-state index is 12.8. The van der Waals surface area contributed by atoms with Crippen LogP contribution in [0.5, 0.6) is 0 Å². The third-order valence-electron chi connectivity index (χ3n) is 5.31. The Labute approximate surface area is 136 Å². The van der Waals surface area contributed by atoms with Gasteiger partial charge in [0.15, 0.2) is 0 Å². The zero-order chi connectivity index (χ0) is 16.3. The van der Waals surface area contributed by atoms with Gasteiger partial charge in [0.1, 0.15) is 0 Å². The lowest BCUT2D eigenvalue weighted by Crippen LogP contribution is -3.15. The first-order valence-electron chi connectivity index (χ1n) is 8.78. The van der Waals surface area contributed by atoms with Crippen molar-refractivity contribution in [3.8, 4) is 0 Å². The fourth-order valence-electron chi connectivity index (χ4n) is 3.96. The molecule has 2 aliphatic rings. The summed E-state index contributed by atoms with van der Waals surface area (Å²) >= 11 is 0. The highest BCUT2D eigenvalue weighted by Gasteiger charge is 2.31. The van der Waals surface area contributed by atoms with Crippen LogP contribution in [-0.4, -0.2) is 32.7 Å². The van der Waals surface area contributed by atoms with Gasteiger partial charge in [-0.2, -0.15) is 13.2 Å². The Kier molecular flexibility index (Phi) is 5.14. The number of hydrogen-bond acceptors (Lipinski definition) is 1. The Balaban J connectivity index is 1.54. The van der Waals surface area contributed by atoms with Crippen LogP contribution in [0.2, 0.25) is 0 Å². The Morgan fingerprint density at radius 1 is 1.04 bits per heavy atom. The molecule has 2 nitrogen and oxygen atoms in total. The van der Waals surface area contributed by atoms with E-state index in [1.54, 1.807) is 11.0 Å². The van der Waals surface area contributed by atoms with Crippen molar-refractivity contribution in [2.24, 2.45) is 5.92 Å². The smallest absolute Gasteiger partial charge is 0.360 e. The SMILES string of the molecule is FC(F)(F)c1cccc(N2CC[NH+](CC3CCCCC3)CC2)c1. The second-order valence-corrected chi connectivity index (χ2v) is 6.99. The highest BCUT2D eigenvalue weighted by molar-refractivity contribution is 5.49. The van der Waals surface area contributed by atoms with Crippen LogP contribution < -0.4 is 9.80 Å². The van der Waals surface area contributed by atoms with Gasteiger partial charge in [-0.1, -0.05) is 25.3 Å². The van der Waals surface area contributed by atoms with Gasteiger partial charge >= 0.3 is 6.18 Å². The number of piperazine rings is 1. The van der Waals surface area contributed by atoms with Crippen LogP contribution in [0.4, 0.5) is 18.9 Å². The van der Waals surface area contributed by atoms with Crippen molar-refractivity contribution in [1.82, 2.24) is 0 Å². The Hall–Kier alpha value is -1.23. The maximum Gasteiger partial charge on any atom is 0.416 e. The number of nitrogens with one attached hydrogen (secondary N) is 1. The molecule has 0 bridgehead atoms. The highest BCUT2D eigenvalue weighted by atomic mass is 19.4. The molecule has 23 heavy (non-hydrogen) atoms. The third kappa shape index (κ3) is 4.40. The molecule has 2 fully saturated rings. The third-order valence-corrected chi connectivity index (χ3v) is 5.31. The van der Waals surface area contributed by atoms with Gasteiger partial charge < -0.3 is 9.80 Å². The molecule has 1 N–H and O–H groups in total. The first-order chi connectivity index (χ1) is 11.0. The second kappa shape index (κ2) is 7.12. The van der Waals surface area contributed by atoms with E-state index < -0.39 is 11.7 Å². The molecule has 0 spiro atoms. The number of anilines is 1. The van der Waals surface area contributed by atoms with E-state index in [1.165, 1.54) is 50.8 Å². The topological polar surface area (TPSA) is 7.68 Å². The number of benzene rings is 1. The zero-order valence-corrected chi connectivity index (χ0v) is 13.5. The van der Waals surface area contributed by atoms with Crippen molar-refractivity contribution < 1.29 is 18.1 Å². The summed E-state index contributed by atoms with van der Waals surface area (Å²) in [6, 6.07) is 5.74. The van der Waals surface area contributed by atoms with Gasteiger partial charge in [-0.3, -0.25) is 0 Å². The fraction of sp³-hybridized carbons (Fsp3) is 0.667. The summed E-state index contributed by atoms with van der Waals surface area (Å²) in [5.41, 5.74) is 0.156. The van der Waals surface area contributed by atoms with Crippen molar-refractivity contribution in [3.63, 3.8) is 0 Å². The number of hydrogen-bond donors (Lipinski definition) is 1. The highest BCUT2D eigenvalue weighted by Crippen LogP contribution is 2.31. The Bertz CT molecular complexity index is 501. The summed E-state index contributed by atoms with van der Waals surface area (Å²) in [5, 5.41) is 0. The first-order valence-corrected chi connectivity index (χ1v) is 8.78. The number of rotatable bonds is 3. The van der Waals surface area contributed by atoms with Crippen LogP contribution in [0, 0.1) is 5.92 Å². The van der Waals surface area contributed by atoms with Gasteiger partial charge in [-0.25, -0.2) is 0 Å². The molecule has 128 valence electrons. The van der Waals surface area contributed by atoms with Gasteiger partial charge in [-0.05, 0) is 31.0 Å². The minimum atomic E-state index is -4.26. The van der Waals surface area contributed by atoms with E-state index in [4.69, 9.17) is 0 Å². The van der Waals surface area contributed by atoms with Crippen molar-refractivity contribution in [2.45, 2.75) is 38.3 Å². The van der Waals surface area contributed by atoms with Crippen LogP contribution in [-0.2, 0) is 6.18 Å². The van der Waals surface area contributed by atoms with E-state index in [9.17, 15) is 13.2 Å². The molecule has 0 radical (unpaired) electrons. The molecule has 3 rings (SSSR count). The monoisotopic (exact) mass is 327 g/mol. The molecular formula is C18H26F3N2+. The van der Waals surface area contributed by atoms with Gasteiger partial charge in [-0.15, -0.1) is 0 Å². The van der Waals surface area contributed by atoms with E-state index in [0.29, 0.717) is 5.69 Å². The van der Waals surface area contributed by atoms with Gasteiger partial charge in [0, 0.05) is 11.6 Å². The van der Waals surface area contributed by atoms with E-state index >= 15 is 0 Å². The summed E-state index contributed by atoms with van der Waals surface area (Å²) < 4.78 is 38.5. The van der Waals surface area contributed by atoms with Gasteiger partial charge in [0.05, 0.1) is 38.3 Å². The summed E-state index contributed by atoms with van der Waals surface area (Å²) in [7, 11) is 0. The lowest BCUT2D eigenvalue weighted by atomic mass is 9.89. The molecule has 1 aliphatic heterocycles. The molecule has 0 unspecified atom stereocenters. The van der Waals surface area contributed by atoms with Gasteiger partial charge in [0.25, 0.3) is 0 Å². The largest absolute Gasteiger partial charge is 0.416 e. The summed E-state index contributed by atoms with van der Waals surface area (Å²) in [4.78, 5) is 3.72. The molecule has 1 aliphatic carbocycles. The molecule has 1 aromatic rings. The zero-order valence-electron chi connectivity index (χ0n) is 13.5. The number of halogens is 3. The molecular weight excluding hydrogens is 301 g/mol. The molecule has 0 aromatic heterocycles. The van der Waals surface area contributed by atoms with Crippen molar-refractivity contribution in [1.29, 1.82) is 0 Å². The van der Waals surface area contributed by atoms with Crippen LogP contribution in [0.1, 0.15) is 37.7 Å². The average Bonchev–Trinajstić information content (AvgIpc) is 2.56. The minimum absolute atomic E-state index is 0.549. The van der Waals surface area contributed by atoms with E-state index in [1.807, 2.05) is 0 Å². The van der Waals surface area contributed by atoms with E-state index in [2.05, 4.69) is 4.90 Å². The first kappa shape index (κ1) is 16.6. The molecule has 1 heterocycles. The molecule has 1 saturated heterocycles. The lowest BCUT2D eigenvalue weighted by molar-refractivity contribution is -0.904. The number of quaternary nitrogens is 1. The standard InChI is InChI=1S/C18H25F3N2/c19-18(20,21)16-7-4-8-17(13-16)23-11-9-22(10-12-23)14-15-5-2-1-3-6-15/h4,7-8,13,15H,1-3,5-6,9-12,14H2/p+1. The molecule has 0 atom stereocenters.